The third kappa shape index (κ3) is 4.06. The quantitative estimate of drug-likeness (QED) is 0.731. The van der Waals surface area contributed by atoms with Crippen molar-refractivity contribution in [3.05, 3.63) is 70.1 Å². The number of carbonyl (C=O) groups excluding carboxylic acids is 1. The molecule has 1 amide bonds. The summed E-state index contributed by atoms with van der Waals surface area (Å²) in [6, 6.07) is 15.2. The molecule has 0 spiro atoms. The highest BCUT2D eigenvalue weighted by molar-refractivity contribution is 5.95. The Hall–Kier alpha value is -2.99. The van der Waals surface area contributed by atoms with Crippen LogP contribution in [0.3, 0.4) is 0 Å². The predicted octanol–water partition coefficient (Wildman–Crippen LogP) is 2.70. The van der Waals surface area contributed by atoms with Crippen LogP contribution >= 0.6 is 0 Å². The Bertz CT molecular complexity index is 1020. The number of aromatic nitrogens is 2. The van der Waals surface area contributed by atoms with Crippen LogP contribution in [0.15, 0.2) is 53.3 Å². The van der Waals surface area contributed by atoms with Crippen LogP contribution in [0.1, 0.15) is 24.1 Å². The smallest absolute Gasteiger partial charge is 0.272 e. The molecule has 2 N–H and O–H groups in total. The van der Waals surface area contributed by atoms with Gasteiger partial charge in [0.15, 0.2) is 0 Å². The minimum absolute atomic E-state index is 0.105. The van der Waals surface area contributed by atoms with Crippen molar-refractivity contribution in [2.45, 2.75) is 25.8 Å². The van der Waals surface area contributed by atoms with Crippen molar-refractivity contribution in [2.24, 2.45) is 0 Å². The fourth-order valence-electron chi connectivity index (χ4n) is 3.61. The van der Waals surface area contributed by atoms with Crippen molar-refractivity contribution in [2.75, 3.05) is 18.4 Å². The van der Waals surface area contributed by atoms with Crippen LogP contribution in [0.25, 0.3) is 10.8 Å². The molecule has 0 bridgehead atoms. The molecule has 2 heterocycles. The third-order valence-corrected chi connectivity index (χ3v) is 4.92. The zero-order chi connectivity index (χ0) is 18.6. The van der Waals surface area contributed by atoms with Gasteiger partial charge in [0, 0.05) is 17.6 Å². The number of likely N-dealkylation sites (tertiary alicyclic amines) is 1. The van der Waals surface area contributed by atoms with E-state index >= 15 is 0 Å². The number of hydrogen-bond donors (Lipinski definition) is 2. The summed E-state index contributed by atoms with van der Waals surface area (Å²) in [6.07, 6.45) is 2.63. The summed E-state index contributed by atoms with van der Waals surface area (Å²) in [5.74, 6) is -0.155. The average Bonchev–Trinajstić information content (AvgIpc) is 3.17. The second-order valence-corrected chi connectivity index (χ2v) is 6.95. The van der Waals surface area contributed by atoms with Gasteiger partial charge in [-0.1, -0.05) is 30.3 Å². The SMILES string of the molecule is O=C(Cc1n[nH]c(=O)c2ccccc12)Nc1cccc(CN2CCCC2)c1. The van der Waals surface area contributed by atoms with Gasteiger partial charge in [0.1, 0.15) is 0 Å². The zero-order valence-electron chi connectivity index (χ0n) is 15.1. The van der Waals surface area contributed by atoms with E-state index in [1.807, 2.05) is 30.3 Å². The lowest BCUT2D eigenvalue weighted by atomic mass is 10.1. The summed E-state index contributed by atoms with van der Waals surface area (Å²) < 4.78 is 0. The number of anilines is 1. The normalized spacial score (nSPS) is 14.5. The predicted molar refractivity (Wildman–Crippen MR) is 106 cm³/mol. The molecule has 0 unspecified atom stereocenters. The van der Waals surface area contributed by atoms with E-state index < -0.39 is 0 Å². The molecule has 0 atom stereocenters. The van der Waals surface area contributed by atoms with Crippen LogP contribution in [0, 0.1) is 0 Å². The molecule has 0 aliphatic carbocycles. The first-order valence-electron chi connectivity index (χ1n) is 9.26. The first kappa shape index (κ1) is 17.4. The molecule has 1 aliphatic rings. The molecule has 1 aliphatic heterocycles. The van der Waals surface area contributed by atoms with E-state index in [9.17, 15) is 9.59 Å². The van der Waals surface area contributed by atoms with Crippen molar-refractivity contribution in [1.29, 1.82) is 0 Å². The number of aromatic amines is 1. The van der Waals surface area contributed by atoms with E-state index in [1.165, 1.54) is 18.4 Å². The molecule has 0 radical (unpaired) electrons. The molecule has 0 saturated carbocycles. The van der Waals surface area contributed by atoms with E-state index in [-0.39, 0.29) is 17.9 Å². The van der Waals surface area contributed by atoms with E-state index in [0.717, 1.165) is 25.3 Å². The fourth-order valence-corrected chi connectivity index (χ4v) is 3.61. The number of benzene rings is 2. The topological polar surface area (TPSA) is 78.1 Å². The summed E-state index contributed by atoms with van der Waals surface area (Å²) in [5, 5.41) is 10.7. The van der Waals surface area contributed by atoms with Crippen LogP contribution in [0.5, 0.6) is 0 Å². The monoisotopic (exact) mass is 362 g/mol. The maximum Gasteiger partial charge on any atom is 0.272 e. The lowest BCUT2D eigenvalue weighted by molar-refractivity contribution is -0.115. The lowest BCUT2D eigenvalue weighted by Gasteiger charge is -2.15. The second kappa shape index (κ2) is 7.72. The van der Waals surface area contributed by atoms with Crippen molar-refractivity contribution >= 4 is 22.4 Å². The maximum atomic E-state index is 12.5. The van der Waals surface area contributed by atoms with Gasteiger partial charge in [0.25, 0.3) is 5.56 Å². The Morgan fingerprint density at radius 3 is 2.67 bits per heavy atom. The number of amides is 1. The number of H-pyrrole nitrogens is 1. The summed E-state index contributed by atoms with van der Waals surface area (Å²) >= 11 is 0. The highest BCUT2D eigenvalue weighted by Gasteiger charge is 2.13. The molecular weight excluding hydrogens is 340 g/mol. The molecule has 2 aromatic carbocycles. The van der Waals surface area contributed by atoms with Gasteiger partial charge in [-0.3, -0.25) is 14.5 Å². The van der Waals surface area contributed by atoms with Crippen LogP contribution in [-0.4, -0.2) is 34.1 Å². The molecule has 4 rings (SSSR count). The van der Waals surface area contributed by atoms with Crippen molar-refractivity contribution in [3.8, 4) is 0 Å². The summed E-state index contributed by atoms with van der Waals surface area (Å²) in [6.45, 7) is 3.19. The average molecular weight is 362 g/mol. The number of hydrogen-bond acceptors (Lipinski definition) is 4. The van der Waals surface area contributed by atoms with E-state index in [2.05, 4.69) is 26.5 Å². The summed E-state index contributed by atoms with van der Waals surface area (Å²) in [4.78, 5) is 26.8. The molecule has 6 nitrogen and oxygen atoms in total. The Morgan fingerprint density at radius 2 is 1.85 bits per heavy atom. The van der Waals surface area contributed by atoms with Gasteiger partial charge >= 0.3 is 0 Å². The van der Waals surface area contributed by atoms with Crippen LogP contribution < -0.4 is 10.9 Å². The Morgan fingerprint density at radius 1 is 1.07 bits per heavy atom. The van der Waals surface area contributed by atoms with Gasteiger partial charge in [-0.2, -0.15) is 5.10 Å². The number of nitrogens with one attached hydrogen (secondary N) is 2. The number of fused-ring (bicyclic) bond motifs is 1. The minimum atomic E-state index is -0.246. The number of carbonyl (C=O) groups is 1. The molecule has 138 valence electrons. The Labute approximate surface area is 157 Å². The highest BCUT2D eigenvalue weighted by atomic mass is 16.1. The van der Waals surface area contributed by atoms with Gasteiger partial charge in [0.05, 0.1) is 17.5 Å². The summed E-state index contributed by atoms with van der Waals surface area (Å²) in [7, 11) is 0. The van der Waals surface area contributed by atoms with Gasteiger partial charge in [-0.25, -0.2) is 5.10 Å². The fraction of sp³-hybridized carbons (Fsp3) is 0.286. The Kier molecular flexibility index (Phi) is 4.98. The van der Waals surface area contributed by atoms with E-state index in [4.69, 9.17) is 0 Å². The molecule has 6 heteroatoms. The van der Waals surface area contributed by atoms with Gasteiger partial charge in [-0.05, 0) is 49.7 Å². The van der Waals surface area contributed by atoms with Crippen LogP contribution in [-0.2, 0) is 17.8 Å². The van der Waals surface area contributed by atoms with Gasteiger partial charge < -0.3 is 5.32 Å². The minimum Gasteiger partial charge on any atom is -0.326 e. The van der Waals surface area contributed by atoms with Gasteiger partial charge in [0.2, 0.25) is 5.91 Å². The standard InChI is InChI=1S/C21H22N4O2/c26-20(13-19-17-8-1-2-9-18(17)21(27)24-23-19)22-16-7-5-6-15(12-16)14-25-10-3-4-11-25/h1-2,5-9,12H,3-4,10-11,13-14H2,(H,22,26)(H,24,27). The molecule has 1 aromatic heterocycles. The summed E-state index contributed by atoms with van der Waals surface area (Å²) in [5.41, 5.74) is 2.30. The Balaban J connectivity index is 1.47. The lowest BCUT2D eigenvalue weighted by Crippen LogP contribution is -2.19. The highest BCUT2D eigenvalue weighted by Crippen LogP contribution is 2.17. The van der Waals surface area contributed by atoms with Crippen molar-refractivity contribution in [1.82, 2.24) is 15.1 Å². The van der Waals surface area contributed by atoms with Crippen LogP contribution in [0.4, 0.5) is 5.69 Å². The van der Waals surface area contributed by atoms with Gasteiger partial charge in [-0.15, -0.1) is 0 Å². The third-order valence-electron chi connectivity index (χ3n) is 4.92. The number of nitrogens with zero attached hydrogens (tertiary/aromatic N) is 2. The first-order chi connectivity index (χ1) is 13.2. The number of rotatable bonds is 5. The molecule has 3 aromatic rings. The second-order valence-electron chi connectivity index (χ2n) is 6.95. The molecule has 27 heavy (non-hydrogen) atoms. The molecule has 1 fully saturated rings. The molecular formula is C21H22N4O2. The largest absolute Gasteiger partial charge is 0.326 e. The zero-order valence-corrected chi connectivity index (χ0v) is 15.1. The maximum absolute atomic E-state index is 12.5. The van der Waals surface area contributed by atoms with E-state index in [0.29, 0.717) is 16.5 Å². The first-order valence-corrected chi connectivity index (χ1v) is 9.26. The van der Waals surface area contributed by atoms with Crippen LogP contribution in [0.2, 0.25) is 0 Å². The molecule has 1 saturated heterocycles. The van der Waals surface area contributed by atoms with Crippen molar-refractivity contribution in [3.63, 3.8) is 0 Å². The van der Waals surface area contributed by atoms with E-state index in [1.54, 1.807) is 12.1 Å². The van der Waals surface area contributed by atoms with Crippen molar-refractivity contribution < 1.29 is 4.79 Å².